The number of aliphatic hydroxyl groups excluding tert-OH is 1. The van der Waals surface area contributed by atoms with Gasteiger partial charge in [-0.15, -0.1) is 71.3 Å². The molecule has 0 aliphatic carbocycles. The van der Waals surface area contributed by atoms with E-state index < -0.39 is 0 Å². The zero-order chi connectivity index (χ0) is 35.7. The number of rotatable bonds is 4. The van der Waals surface area contributed by atoms with Gasteiger partial charge < -0.3 is 15.1 Å². The largest absolute Gasteiger partial charge is 0.512 e. The fourth-order valence-corrected chi connectivity index (χ4v) is 5.54. The van der Waals surface area contributed by atoms with Gasteiger partial charge in [0.25, 0.3) is 0 Å². The molecule has 5 heteroatoms. The van der Waals surface area contributed by atoms with Crippen LogP contribution in [0.1, 0.15) is 45.7 Å². The van der Waals surface area contributed by atoms with Gasteiger partial charge in [0.05, 0.1) is 5.76 Å². The molecule has 0 saturated carbocycles. The number of hydrogen-bond acceptors (Lipinski definition) is 4. The number of carbonyl (C=O) groups excluding carboxylic acids is 1. The van der Waals surface area contributed by atoms with Gasteiger partial charge >= 0.3 is 0 Å². The van der Waals surface area contributed by atoms with E-state index in [2.05, 4.69) is 136 Å². The van der Waals surface area contributed by atoms with Gasteiger partial charge in [0.1, 0.15) is 0 Å². The van der Waals surface area contributed by atoms with E-state index in [4.69, 9.17) is 10.1 Å². The van der Waals surface area contributed by atoms with E-state index in [1.54, 1.807) is 0 Å². The number of aryl methyl sites for hydroxylation is 1. The van der Waals surface area contributed by atoms with Gasteiger partial charge in [-0.2, -0.15) is 0 Å². The smallest absolute Gasteiger partial charge is 0.155 e. The van der Waals surface area contributed by atoms with E-state index in [9.17, 15) is 4.79 Å². The van der Waals surface area contributed by atoms with E-state index in [-0.39, 0.29) is 37.1 Å². The van der Waals surface area contributed by atoms with Crippen molar-refractivity contribution >= 4 is 27.3 Å². The molecule has 2 aromatic heterocycles. The molecule has 51 heavy (non-hydrogen) atoms. The molecule has 0 aliphatic rings. The number of ketones is 1. The Bertz CT molecular complexity index is 2250. The summed E-state index contributed by atoms with van der Waals surface area (Å²) in [6, 6.07) is 48.3. The minimum Gasteiger partial charge on any atom is -0.512 e. The Hall–Kier alpha value is -5.22. The van der Waals surface area contributed by atoms with Crippen molar-refractivity contribution in [1.82, 2.24) is 9.97 Å². The van der Waals surface area contributed by atoms with Crippen molar-refractivity contribution in [3.63, 3.8) is 0 Å². The van der Waals surface area contributed by atoms with Crippen LogP contribution in [0.2, 0.25) is 0 Å². The number of fused-ring (bicyclic) bond motifs is 3. The summed E-state index contributed by atoms with van der Waals surface area (Å²) in [6.45, 7) is 11.6. The van der Waals surface area contributed by atoms with Gasteiger partial charge in [-0.05, 0) is 68.9 Å². The first-order valence-corrected chi connectivity index (χ1v) is 16.7. The van der Waals surface area contributed by atoms with Crippen molar-refractivity contribution in [2.75, 3.05) is 0 Å². The Morgan fingerprint density at radius 1 is 0.706 bits per heavy atom. The van der Waals surface area contributed by atoms with E-state index in [0.717, 1.165) is 28.1 Å². The summed E-state index contributed by atoms with van der Waals surface area (Å²) in [4.78, 5) is 19.4. The third kappa shape index (κ3) is 10.4. The van der Waals surface area contributed by atoms with E-state index in [1.807, 2.05) is 42.7 Å². The van der Waals surface area contributed by atoms with Crippen LogP contribution in [0.15, 0.2) is 146 Å². The molecule has 0 bridgehead atoms. The molecule has 1 radical (unpaired) electrons. The van der Waals surface area contributed by atoms with Crippen molar-refractivity contribution in [2.45, 2.75) is 47.0 Å². The second-order valence-electron chi connectivity index (χ2n) is 13.3. The molecule has 259 valence electrons. The van der Waals surface area contributed by atoms with E-state index >= 15 is 0 Å². The van der Waals surface area contributed by atoms with Crippen LogP contribution in [0.25, 0.3) is 55.2 Å². The monoisotopic (exact) mass is 847 g/mol. The molecule has 2 heterocycles. The molecule has 0 spiro atoms. The minimum atomic E-state index is -0.125. The van der Waals surface area contributed by atoms with Gasteiger partial charge in [0.15, 0.2) is 5.78 Å². The molecular formula is C46H42IrN2O2-2. The van der Waals surface area contributed by atoms with Crippen LogP contribution in [0.4, 0.5) is 0 Å². The molecule has 0 saturated heterocycles. The normalized spacial score (nSPS) is 11.1. The molecule has 5 aromatic carbocycles. The van der Waals surface area contributed by atoms with Crippen molar-refractivity contribution in [1.29, 1.82) is 0 Å². The quantitative estimate of drug-likeness (QED) is 0.0830. The van der Waals surface area contributed by atoms with Crippen molar-refractivity contribution in [2.24, 2.45) is 0 Å². The van der Waals surface area contributed by atoms with Crippen LogP contribution in [0.3, 0.4) is 0 Å². The summed E-state index contributed by atoms with van der Waals surface area (Å²) in [6.07, 6.45) is 5.11. The predicted molar refractivity (Wildman–Crippen MR) is 208 cm³/mol. The van der Waals surface area contributed by atoms with Crippen molar-refractivity contribution < 1.29 is 30.0 Å². The van der Waals surface area contributed by atoms with E-state index in [1.165, 1.54) is 58.2 Å². The first kappa shape index (κ1) is 38.6. The molecule has 7 rings (SSSR count). The average Bonchev–Trinajstić information content (AvgIpc) is 3.11. The molecule has 0 aliphatic heterocycles. The van der Waals surface area contributed by atoms with Gasteiger partial charge in [0, 0.05) is 38.6 Å². The topological polar surface area (TPSA) is 63.1 Å². The predicted octanol–water partition coefficient (Wildman–Crippen LogP) is 11.7. The number of hydrogen-bond donors (Lipinski definition) is 1. The Balaban J connectivity index is 0.000000191. The van der Waals surface area contributed by atoms with Crippen LogP contribution in [0, 0.1) is 19.1 Å². The fourth-order valence-electron chi connectivity index (χ4n) is 5.54. The molecule has 1 N–H and O–H groups in total. The summed E-state index contributed by atoms with van der Waals surface area (Å²) in [5.74, 6) is -0.0625. The summed E-state index contributed by atoms with van der Waals surface area (Å²) < 4.78 is 0. The third-order valence-corrected chi connectivity index (χ3v) is 8.08. The molecule has 0 fully saturated rings. The Labute approximate surface area is 315 Å². The van der Waals surface area contributed by atoms with Crippen molar-refractivity contribution in [3.05, 3.63) is 169 Å². The maximum absolute atomic E-state index is 10.0. The zero-order valence-electron chi connectivity index (χ0n) is 29.9. The first-order chi connectivity index (χ1) is 24.0. The maximum Gasteiger partial charge on any atom is 0.155 e. The third-order valence-electron chi connectivity index (χ3n) is 8.08. The van der Waals surface area contributed by atoms with Crippen LogP contribution >= 0.6 is 0 Å². The molecule has 0 atom stereocenters. The Kier molecular flexibility index (Phi) is 13.3. The molecular weight excluding hydrogens is 805 g/mol. The number of aromatic nitrogens is 2. The zero-order valence-corrected chi connectivity index (χ0v) is 32.3. The first-order valence-electron chi connectivity index (χ1n) is 16.7. The molecule has 0 unspecified atom stereocenters. The van der Waals surface area contributed by atoms with Crippen LogP contribution in [-0.4, -0.2) is 20.9 Å². The van der Waals surface area contributed by atoms with Gasteiger partial charge in [-0.25, -0.2) is 0 Å². The van der Waals surface area contributed by atoms with Crippen LogP contribution in [-0.2, 0) is 30.3 Å². The number of aliphatic hydroxyl groups is 1. The van der Waals surface area contributed by atoms with Gasteiger partial charge in [-0.1, -0.05) is 107 Å². The summed E-state index contributed by atoms with van der Waals surface area (Å²) in [7, 11) is 0. The van der Waals surface area contributed by atoms with E-state index in [0.29, 0.717) is 0 Å². The Morgan fingerprint density at radius 3 is 2.04 bits per heavy atom. The number of allylic oxidation sites excluding steroid dienone is 2. The standard InChI is InChI=1S/C21H20N.C20H14N.C5H8O2.Ir/c1-21(2,3)18-14-19(16-10-6-4-7-11-16)20(22-15-18)17-12-8-5-9-13-17;1-14-5-4-7-16(11-14)20-12-19-17(13-21-20)10-9-15-6-2-3-8-18(15)19;1-4(6)3-5(2)7;/h4-12,14-15H,1-3H3;2-6,8-13H,1H3;3,6H,1-2H3;/q2*-1;;/b;;4-3-;. The van der Waals surface area contributed by atoms with Crippen LogP contribution < -0.4 is 0 Å². The molecule has 0 amide bonds. The summed E-state index contributed by atoms with van der Waals surface area (Å²) >= 11 is 0. The number of benzene rings is 5. The number of carbonyl (C=O) groups is 1. The van der Waals surface area contributed by atoms with Gasteiger partial charge in [0.2, 0.25) is 0 Å². The second-order valence-corrected chi connectivity index (χ2v) is 13.3. The maximum atomic E-state index is 10.0. The number of nitrogens with zero attached hydrogens (tertiary/aromatic N) is 2. The molecule has 7 aromatic rings. The Morgan fingerprint density at radius 2 is 1.39 bits per heavy atom. The average molecular weight is 847 g/mol. The van der Waals surface area contributed by atoms with Gasteiger partial charge in [-0.3, -0.25) is 4.79 Å². The van der Waals surface area contributed by atoms with Crippen LogP contribution in [0.5, 0.6) is 0 Å². The summed E-state index contributed by atoms with van der Waals surface area (Å²) in [5, 5.41) is 13.3. The van der Waals surface area contributed by atoms with Crippen molar-refractivity contribution in [3.8, 4) is 33.6 Å². The minimum absolute atomic E-state index is 0. The fraction of sp³-hybridized carbons (Fsp3) is 0.152. The second kappa shape index (κ2) is 17.6. The number of pyridine rings is 2. The SMILES string of the molecule is CC(=O)/C=C(/C)O.CC(C)(C)c1cnc(-c2[c-]cccc2)c(-c2ccccc2)c1.Cc1cc[c-]c(-c2cc3c(ccc4ccccc43)cn2)c1.[Ir]. The summed E-state index contributed by atoms with van der Waals surface area (Å²) in [5.41, 5.74) is 8.93. The molecule has 4 nitrogen and oxygen atoms in total.